The third-order valence-corrected chi connectivity index (χ3v) is 6.85. The maximum absolute atomic E-state index is 6.85. The molecule has 0 aromatic heterocycles. The summed E-state index contributed by atoms with van der Waals surface area (Å²) in [6, 6.07) is 39.1. The van der Waals surface area contributed by atoms with Crippen molar-refractivity contribution in [3.8, 4) is 0 Å². The van der Waals surface area contributed by atoms with Gasteiger partial charge in [0.05, 0.1) is 12.2 Å². The quantitative estimate of drug-likeness (QED) is 0.255. The van der Waals surface area contributed by atoms with Gasteiger partial charge in [0, 0.05) is 0 Å². The van der Waals surface area contributed by atoms with Gasteiger partial charge in [-0.2, -0.15) is 0 Å². The van der Waals surface area contributed by atoms with Gasteiger partial charge in [0.1, 0.15) is 0 Å². The predicted molar refractivity (Wildman–Crippen MR) is 141 cm³/mol. The summed E-state index contributed by atoms with van der Waals surface area (Å²) in [4.78, 5) is 0. The first-order valence-electron chi connectivity index (χ1n) is 11.7. The first-order valence-corrected chi connectivity index (χ1v) is 11.7. The molecule has 6 rings (SSSR count). The molecule has 0 radical (unpaired) electrons. The van der Waals surface area contributed by atoms with Crippen molar-refractivity contribution in [2.75, 3.05) is 0 Å². The van der Waals surface area contributed by atoms with Gasteiger partial charge >= 0.3 is 0 Å². The van der Waals surface area contributed by atoms with E-state index in [2.05, 4.69) is 123 Å². The van der Waals surface area contributed by atoms with Crippen LogP contribution in [0.2, 0.25) is 0 Å². The van der Waals surface area contributed by atoms with Gasteiger partial charge in [0.25, 0.3) is 0 Å². The summed E-state index contributed by atoms with van der Waals surface area (Å²) < 4.78 is 6.85. The van der Waals surface area contributed by atoms with Gasteiger partial charge in [-0.1, -0.05) is 97.1 Å². The van der Waals surface area contributed by atoms with E-state index >= 15 is 0 Å². The molecule has 0 aliphatic heterocycles. The maximum Gasteiger partial charge on any atom is 0.0817 e. The molecule has 0 amide bonds. The largest absolute Gasteiger partial charge is 0.366 e. The van der Waals surface area contributed by atoms with Gasteiger partial charge in [-0.25, -0.2) is 0 Å². The smallest absolute Gasteiger partial charge is 0.0817 e. The number of ether oxygens (including phenoxy) is 1. The van der Waals surface area contributed by atoms with Crippen LogP contribution in [0, 0.1) is 0 Å². The second-order valence-electron chi connectivity index (χ2n) is 8.89. The van der Waals surface area contributed by atoms with Crippen molar-refractivity contribution < 1.29 is 4.74 Å². The molecule has 0 bridgehead atoms. The summed E-state index contributed by atoms with van der Waals surface area (Å²) in [6.45, 7) is 4.38. The zero-order valence-corrected chi connectivity index (χ0v) is 19.0. The van der Waals surface area contributed by atoms with E-state index in [9.17, 15) is 0 Å². The Hall–Kier alpha value is -3.68. The van der Waals surface area contributed by atoms with E-state index in [-0.39, 0.29) is 12.2 Å². The van der Waals surface area contributed by atoms with Crippen LogP contribution in [0.15, 0.2) is 109 Å². The lowest BCUT2D eigenvalue weighted by Gasteiger charge is -2.25. The van der Waals surface area contributed by atoms with Crippen LogP contribution in [0.4, 0.5) is 0 Å². The summed E-state index contributed by atoms with van der Waals surface area (Å²) >= 11 is 0. The van der Waals surface area contributed by atoms with Crippen LogP contribution in [0.3, 0.4) is 0 Å². The second-order valence-corrected chi connectivity index (χ2v) is 8.89. The fourth-order valence-corrected chi connectivity index (χ4v) is 5.42. The minimum absolute atomic E-state index is 0.0614. The summed E-state index contributed by atoms with van der Waals surface area (Å²) in [5.74, 6) is 0. The Morgan fingerprint density at radius 2 is 0.697 bits per heavy atom. The molecule has 1 nitrogen and oxygen atoms in total. The summed E-state index contributed by atoms with van der Waals surface area (Å²) in [7, 11) is 0. The molecule has 0 heterocycles. The predicted octanol–water partition coefficient (Wildman–Crippen LogP) is 9.14. The average Bonchev–Trinajstić information content (AvgIpc) is 2.85. The fraction of sp³-hybridized carbons (Fsp3) is 0.125. The van der Waals surface area contributed by atoms with Crippen LogP contribution in [0.5, 0.6) is 0 Å². The minimum atomic E-state index is -0.0614. The topological polar surface area (TPSA) is 9.23 Å². The first kappa shape index (κ1) is 20.0. The zero-order chi connectivity index (χ0) is 22.4. The van der Waals surface area contributed by atoms with E-state index in [0.717, 1.165) is 0 Å². The minimum Gasteiger partial charge on any atom is -0.366 e. The van der Waals surface area contributed by atoms with Crippen molar-refractivity contribution >= 4 is 43.1 Å². The van der Waals surface area contributed by atoms with Crippen LogP contribution in [0.1, 0.15) is 37.2 Å². The van der Waals surface area contributed by atoms with Crippen LogP contribution >= 0.6 is 0 Å². The van der Waals surface area contributed by atoms with Crippen molar-refractivity contribution in [1.82, 2.24) is 0 Å². The Kier molecular flexibility index (Phi) is 4.86. The van der Waals surface area contributed by atoms with Gasteiger partial charge in [0.2, 0.25) is 0 Å². The Morgan fingerprint density at radius 1 is 0.424 bits per heavy atom. The van der Waals surface area contributed by atoms with Crippen LogP contribution in [-0.2, 0) is 4.74 Å². The Bertz CT molecular complexity index is 1400. The molecule has 6 aromatic carbocycles. The fourth-order valence-electron chi connectivity index (χ4n) is 5.42. The molecule has 160 valence electrons. The van der Waals surface area contributed by atoms with Crippen molar-refractivity contribution in [3.05, 3.63) is 120 Å². The van der Waals surface area contributed by atoms with Crippen molar-refractivity contribution in [2.24, 2.45) is 0 Å². The highest BCUT2D eigenvalue weighted by molar-refractivity contribution is 6.03. The molecule has 33 heavy (non-hydrogen) atoms. The molecule has 0 saturated carbocycles. The van der Waals surface area contributed by atoms with E-state index in [4.69, 9.17) is 4.74 Å². The summed E-state index contributed by atoms with van der Waals surface area (Å²) in [5.41, 5.74) is 2.53. The van der Waals surface area contributed by atoms with Gasteiger partial charge in [-0.05, 0) is 80.2 Å². The summed E-state index contributed by atoms with van der Waals surface area (Å²) in [6.07, 6.45) is -0.123. The number of hydrogen-bond acceptors (Lipinski definition) is 1. The van der Waals surface area contributed by atoms with Crippen LogP contribution in [-0.4, -0.2) is 0 Å². The van der Waals surface area contributed by atoms with E-state index in [1.165, 1.54) is 54.2 Å². The Balaban J connectivity index is 1.51. The maximum atomic E-state index is 6.85. The summed E-state index contributed by atoms with van der Waals surface area (Å²) in [5, 5.41) is 10.1. The highest BCUT2D eigenvalue weighted by Crippen LogP contribution is 2.40. The first-order chi connectivity index (χ1) is 16.2. The lowest BCUT2D eigenvalue weighted by atomic mass is 9.92. The molecular formula is C32H26O. The molecule has 1 heteroatoms. The normalized spacial score (nSPS) is 13.6. The SMILES string of the molecule is C[C@@H](O[C@H](C)c1c2ccccc2cc2ccccc12)c1c2ccccc2cc2ccccc12. The number of hydrogen-bond donors (Lipinski definition) is 0. The number of rotatable bonds is 4. The van der Waals surface area contributed by atoms with Gasteiger partial charge in [-0.15, -0.1) is 0 Å². The molecule has 2 atom stereocenters. The molecule has 6 aromatic rings. The molecule has 0 aliphatic rings. The molecule has 0 N–H and O–H groups in total. The molecular weight excluding hydrogens is 400 g/mol. The van der Waals surface area contributed by atoms with E-state index in [0.29, 0.717) is 0 Å². The molecule has 0 aliphatic carbocycles. The molecule has 0 spiro atoms. The van der Waals surface area contributed by atoms with Crippen LogP contribution < -0.4 is 0 Å². The monoisotopic (exact) mass is 426 g/mol. The highest BCUT2D eigenvalue weighted by atomic mass is 16.5. The van der Waals surface area contributed by atoms with E-state index in [1.54, 1.807) is 0 Å². The molecule has 0 unspecified atom stereocenters. The Labute approximate surface area is 194 Å². The van der Waals surface area contributed by atoms with Gasteiger partial charge < -0.3 is 4.74 Å². The third kappa shape index (κ3) is 3.37. The Morgan fingerprint density at radius 3 is 1.00 bits per heavy atom. The zero-order valence-electron chi connectivity index (χ0n) is 19.0. The third-order valence-electron chi connectivity index (χ3n) is 6.85. The van der Waals surface area contributed by atoms with Gasteiger partial charge in [0.15, 0.2) is 0 Å². The number of fused-ring (bicyclic) bond motifs is 4. The molecule has 0 saturated heterocycles. The van der Waals surface area contributed by atoms with Crippen molar-refractivity contribution in [1.29, 1.82) is 0 Å². The van der Waals surface area contributed by atoms with Crippen LogP contribution in [0.25, 0.3) is 43.1 Å². The highest BCUT2D eigenvalue weighted by Gasteiger charge is 2.20. The van der Waals surface area contributed by atoms with E-state index < -0.39 is 0 Å². The van der Waals surface area contributed by atoms with Crippen molar-refractivity contribution in [3.63, 3.8) is 0 Å². The van der Waals surface area contributed by atoms with Crippen molar-refractivity contribution in [2.45, 2.75) is 26.1 Å². The number of benzene rings is 6. The lowest BCUT2D eigenvalue weighted by Crippen LogP contribution is -2.07. The molecule has 0 fully saturated rings. The standard InChI is InChI=1S/C32H26O/c1-21(31-27-15-7-3-11-23(27)19-24-12-4-8-16-28(24)31)33-22(2)32-29-17-9-5-13-25(29)20-26-14-6-10-18-30(26)32/h3-22H,1-2H3/t21-,22-/m1/s1. The van der Waals surface area contributed by atoms with E-state index in [1.807, 2.05) is 0 Å². The second kappa shape index (κ2) is 8.03. The average molecular weight is 427 g/mol. The lowest BCUT2D eigenvalue weighted by molar-refractivity contribution is 0.00897. The van der Waals surface area contributed by atoms with Gasteiger partial charge in [-0.3, -0.25) is 0 Å².